The monoisotopic (exact) mass is 219 g/mol. The van der Waals surface area contributed by atoms with Crippen molar-refractivity contribution in [3.63, 3.8) is 0 Å². The molecule has 2 rings (SSSR count). The van der Waals surface area contributed by atoms with Gasteiger partial charge in [-0.15, -0.1) is 0 Å². The van der Waals surface area contributed by atoms with Crippen molar-refractivity contribution in [3.8, 4) is 0 Å². The van der Waals surface area contributed by atoms with E-state index in [1.54, 1.807) is 0 Å². The molecule has 1 atom stereocenters. The summed E-state index contributed by atoms with van der Waals surface area (Å²) in [5, 5.41) is 3.44. The Hall–Kier alpha value is -0.860. The van der Waals surface area contributed by atoms with Gasteiger partial charge in [0.05, 0.1) is 13.2 Å². The Morgan fingerprint density at radius 1 is 1.25 bits per heavy atom. The van der Waals surface area contributed by atoms with Gasteiger partial charge in [-0.1, -0.05) is 29.3 Å². The van der Waals surface area contributed by atoms with E-state index in [9.17, 15) is 0 Å². The first-order chi connectivity index (χ1) is 7.74. The molecule has 0 spiro atoms. The molecule has 2 nitrogen and oxygen atoms in total. The molecule has 2 heteroatoms. The van der Waals surface area contributed by atoms with E-state index in [1.807, 2.05) is 0 Å². The van der Waals surface area contributed by atoms with Crippen LogP contribution in [0.1, 0.15) is 29.5 Å². The van der Waals surface area contributed by atoms with Crippen LogP contribution < -0.4 is 5.32 Å². The van der Waals surface area contributed by atoms with Gasteiger partial charge in [0, 0.05) is 6.04 Å². The Bertz CT molecular complexity index is 322. The molecule has 0 saturated carbocycles. The first kappa shape index (κ1) is 11.6. The summed E-state index contributed by atoms with van der Waals surface area (Å²) >= 11 is 0. The minimum absolute atomic E-state index is 0.575. The maximum absolute atomic E-state index is 5.75. The SMILES string of the molecule is Cc1cc(C)cc(COCC2CCCN2)c1. The van der Waals surface area contributed by atoms with Crippen molar-refractivity contribution >= 4 is 0 Å². The second kappa shape index (κ2) is 5.46. The van der Waals surface area contributed by atoms with Crippen molar-refractivity contribution < 1.29 is 4.74 Å². The van der Waals surface area contributed by atoms with Crippen LogP contribution in [0.5, 0.6) is 0 Å². The van der Waals surface area contributed by atoms with Crippen molar-refractivity contribution in [2.45, 2.75) is 39.3 Å². The van der Waals surface area contributed by atoms with Crippen LogP contribution in [0, 0.1) is 13.8 Å². The average Bonchev–Trinajstić information content (AvgIpc) is 2.69. The van der Waals surface area contributed by atoms with Crippen molar-refractivity contribution in [2.75, 3.05) is 13.2 Å². The maximum atomic E-state index is 5.75. The third-order valence-corrected chi connectivity index (χ3v) is 3.03. The van der Waals surface area contributed by atoms with Gasteiger partial charge >= 0.3 is 0 Å². The summed E-state index contributed by atoms with van der Waals surface area (Å²) in [7, 11) is 0. The summed E-state index contributed by atoms with van der Waals surface area (Å²) in [6.07, 6.45) is 2.55. The summed E-state index contributed by atoms with van der Waals surface area (Å²) < 4.78 is 5.75. The van der Waals surface area contributed by atoms with Crippen LogP contribution in [-0.2, 0) is 11.3 Å². The molecule has 1 heterocycles. The molecule has 0 aromatic heterocycles. The molecule has 0 radical (unpaired) electrons. The highest BCUT2D eigenvalue weighted by molar-refractivity contribution is 5.27. The Kier molecular flexibility index (Phi) is 3.97. The van der Waals surface area contributed by atoms with Crippen LogP contribution in [0.25, 0.3) is 0 Å². The molecule has 88 valence electrons. The Morgan fingerprint density at radius 2 is 2.00 bits per heavy atom. The Morgan fingerprint density at radius 3 is 2.62 bits per heavy atom. The quantitative estimate of drug-likeness (QED) is 0.840. The number of rotatable bonds is 4. The lowest BCUT2D eigenvalue weighted by molar-refractivity contribution is 0.103. The molecule has 1 aliphatic heterocycles. The number of hydrogen-bond donors (Lipinski definition) is 1. The number of nitrogens with one attached hydrogen (secondary N) is 1. The number of ether oxygens (including phenoxy) is 1. The molecule has 1 unspecified atom stereocenters. The molecule has 1 aliphatic rings. The van der Waals surface area contributed by atoms with Gasteiger partial charge < -0.3 is 10.1 Å². The van der Waals surface area contributed by atoms with Crippen LogP contribution in [-0.4, -0.2) is 19.2 Å². The summed E-state index contributed by atoms with van der Waals surface area (Å²) in [4.78, 5) is 0. The van der Waals surface area contributed by atoms with Gasteiger partial charge in [-0.2, -0.15) is 0 Å². The second-order valence-electron chi connectivity index (χ2n) is 4.80. The lowest BCUT2D eigenvalue weighted by Crippen LogP contribution is -2.26. The normalized spacial score (nSPS) is 20.2. The number of aryl methyl sites for hydroxylation is 2. The molecular weight excluding hydrogens is 198 g/mol. The first-order valence-corrected chi connectivity index (χ1v) is 6.12. The lowest BCUT2D eigenvalue weighted by Gasteiger charge is -2.11. The molecule has 1 fully saturated rings. The zero-order valence-electron chi connectivity index (χ0n) is 10.3. The van der Waals surface area contributed by atoms with Gasteiger partial charge in [-0.25, -0.2) is 0 Å². The van der Waals surface area contributed by atoms with Gasteiger partial charge in [-0.05, 0) is 38.8 Å². The average molecular weight is 219 g/mol. The summed E-state index contributed by atoms with van der Waals surface area (Å²) in [5.74, 6) is 0. The highest BCUT2D eigenvalue weighted by atomic mass is 16.5. The smallest absolute Gasteiger partial charge is 0.0717 e. The van der Waals surface area contributed by atoms with Gasteiger partial charge in [0.2, 0.25) is 0 Å². The van der Waals surface area contributed by atoms with Gasteiger partial charge in [-0.3, -0.25) is 0 Å². The number of benzene rings is 1. The van der Waals surface area contributed by atoms with Crippen LogP contribution in [0.3, 0.4) is 0 Å². The van der Waals surface area contributed by atoms with Gasteiger partial charge in [0.25, 0.3) is 0 Å². The largest absolute Gasteiger partial charge is 0.375 e. The number of hydrogen-bond acceptors (Lipinski definition) is 2. The molecular formula is C14H21NO. The zero-order chi connectivity index (χ0) is 11.4. The minimum Gasteiger partial charge on any atom is -0.375 e. The standard InChI is InChI=1S/C14H21NO/c1-11-6-12(2)8-13(7-11)9-16-10-14-4-3-5-15-14/h6-8,14-15H,3-5,9-10H2,1-2H3. The summed E-state index contributed by atoms with van der Waals surface area (Å²) in [6, 6.07) is 7.18. The summed E-state index contributed by atoms with van der Waals surface area (Å²) in [5.41, 5.74) is 3.92. The van der Waals surface area contributed by atoms with E-state index in [0.29, 0.717) is 6.04 Å². The van der Waals surface area contributed by atoms with Crippen molar-refractivity contribution in [1.82, 2.24) is 5.32 Å². The van der Waals surface area contributed by atoms with E-state index in [0.717, 1.165) is 19.8 Å². The van der Waals surface area contributed by atoms with E-state index in [-0.39, 0.29) is 0 Å². The predicted octanol–water partition coefficient (Wildman–Crippen LogP) is 2.57. The Labute approximate surface area is 98.0 Å². The van der Waals surface area contributed by atoms with E-state index >= 15 is 0 Å². The molecule has 1 N–H and O–H groups in total. The lowest BCUT2D eigenvalue weighted by atomic mass is 10.1. The van der Waals surface area contributed by atoms with Crippen LogP contribution in [0.2, 0.25) is 0 Å². The predicted molar refractivity (Wildman–Crippen MR) is 66.6 cm³/mol. The van der Waals surface area contributed by atoms with Crippen LogP contribution >= 0.6 is 0 Å². The van der Waals surface area contributed by atoms with Crippen molar-refractivity contribution in [1.29, 1.82) is 0 Å². The topological polar surface area (TPSA) is 21.3 Å². The van der Waals surface area contributed by atoms with E-state index in [1.165, 1.54) is 29.5 Å². The fourth-order valence-corrected chi connectivity index (χ4v) is 2.37. The molecule has 1 saturated heterocycles. The van der Waals surface area contributed by atoms with E-state index in [2.05, 4.69) is 37.4 Å². The van der Waals surface area contributed by atoms with Crippen molar-refractivity contribution in [3.05, 3.63) is 34.9 Å². The molecule has 0 bridgehead atoms. The van der Waals surface area contributed by atoms with Crippen LogP contribution in [0.15, 0.2) is 18.2 Å². The summed E-state index contributed by atoms with van der Waals surface area (Å²) in [6.45, 7) is 7.00. The van der Waals surface area contributed by atoms with Crippen molar-refractivity contribution in [2.24, 2.45) is 0 Å². The third-order valence-electron chi connectivity index (χ3n) is 3.03. The third kappa shape index (κ3) is 3.32. The van der Waals surface area contributed by atoms with E-state index in [4.69, 9.17) is 4.74 Å². The molecule has 1 aromatic carbocycles. The molecule has 0 aliphatic carbocycles. The maximum Gasteiger partial charge on any atom is 0.0717 e. The fourth-order valence-electron chi connectivity index (χ4n) is 2.37. The van der Waals surface area contributed by atoms with E-state index < -0.39 is 0 Å². The molecule has 16 heavy (non-hydrogen) atoms. The van der Waals surface area contributed by atoms with Gasteiger partial charge in [0.15, 0.2) is 0 Å². The highest BCUT2D eigenvalue weighted by Crippen LogP contribution is 2.11. The fraction of sp³-hybridized carbons (Fsp3) is 0.571. The van der Waals surface area contributed by atoms with Crippen LogP contribution in [0.4, 0.5) is 0 Å². The molecule has 1 aromatic rings. The first-order valence-electron chi connectivity index (χ1n) is 6.12. The van der Waals surface area contributed by atoms with Gasteiger partial charge in [0.1, 0.15) is 0 Å². The second-order valence-corrected chi connectivity index (χ2v) is 4.80. The zero-order valence-corrected chi connectivity index (χ0v) is 10.3. The minimum atomic E-state index is 0.575. The molecule has 0 amide bonds. The Balaban J connectivity index is 1.80. The highest BCUT2D eigenvalue weighted by Gasteiger charge is 2.13.